The molecule has 0 fully saturated rings. The van der Waals surface area contributed by atoms with Gasteiger partial charge in [-0.3, -0.25) is 9.89 Å². The average Bonchev–Trinajstić information content (AvgIpc) is 2.78. The molecule has 17 heavy (non-hydrogen) atoms. The van der Waals surface area contributed by atoms with Crippen LogP contribution in [0.5, 0.6) is 0 Å². The van der Waals surface area contributed by atoms with Gasteiger partial charge < -0.3 is 4.90 Å². The third-order valence-corrected chi connectivity index (χ3v) is 3.05. The molecule has 1 N–H and O–H groups in total. The molecule has 1 rings (SSSR count). The molecule has 0 aliphatic heterocycles. The Morgan fingerprint density at radius 3 is 2.35 bits per heavy atom. The predicted molar refractivity (Wildman–Crippen MR) is 66.9 cm³/mol. The lowest BCUT2D eigenvalue weighted by molar-refractivity contribution is 0.0711. The summed E-state index contributed by atoms with van der Waals surface area (Å²) in [5.74, 6) is 1.17. The summed E-state index contributed by atoms with van der Waals surface area (Å²) in [6, 6.07) is 0.253. The van der Waals surface area contributed by atoms with Crippen molar-refractivity contribution in [2.45, 2.75) is 52.5 Å². The van der Waals surface area contributed by atoms with Gasteiger partial charge in [-0.15, -0.1) is 5.10 Å². The number of nitrogens with one attached hydrogen (secondary N) is 1. The Balaban J connectivity index is 2.81. The molecule has 0 spiro atoms. The Hall–Kier alpha value is -1.39. The van der Waals surface area contributed by atoms with Gasteiger partial charge in [-0.25, -0.2) is 4.98 Å². The quantitative estimate of drug-likeness (QED) is 0.855. The van der Waals surface area contributed by atoms with Gasteiger partial charge in [-0.2, -0.15) is 0 Å². The van der Waals surface area contributed by atoms with Gasteiger partial charge in [0.2, 0.25) is 5.82 Å². The van der Waals surface area contributed by atoms with E-state index in [9.17, 15) is 4.79 Å². The summed E-state index contributed by atoms with van der Waals surface area (Å²) < 4.78 is 0. The molecule has 1 aromatic rings. The largest absolute Gasteiger partial charge is 0.336 e. The van der Waals surface area contributed by atoms with Crippen molar-refractivity contribution >= 4 is 5.91 Å². The zero-order valence-corrected chi connectivity index (χ0v) is 11.3. The van der Waals surface area contributed by atoms with Crippen LogP contribution in [0, 0.1) is 0 Å². The summed E-state index contributed by atoms with van der Waals surface area (Å²) in [5.41, 5.74) is 0. The van der Waals surface area contributed by atoms with E-state index >= 15 is 0 Å². The number of hydrogen-bond donors (Lipinski definition) is 1. The number of carbonyl (C=O) groups excluding carboxylic acids is 1. The molecule has 0 saturated heterocycles. The average molecular weight is 238 g/mol. The lowest BCUT2D eigenvalue weighted by atomic mass is 10.1. The van der Waals surface area contributed by atoms with Crippen LogP contribution in [0.25, 0.3) is 0 Å². The molecule has 5 nitrogen and oxygen atoms in total. The number of carbonyl (C=O) groups is 1. The molecule has 96 valence electrons. The van der Waals surface area contributed by atoms with Crippen molar-refractivity contribution < 1.29 is 4.79 Å². The van der Waals surface area contributed by atoms with Crippen LogP contribution in [0.1, 0.15) is 62.9 Å². The van der Waals surface area contributed by atoms with E-state index in [4.69, 9.17) is 0 Å². The second kappa shape index (κ2) is 5.80. The number of hydrogen-bond acceptors (Lipinski definition) is 3. The Morgan fingerprint density at radius 1 is 1.35 bits per heavy atom. The maximum Gasteiger partial charge on any atom is 0.293 e. The summed E-state index contributed by atoms with van der Waals surface area (Å²) >= 11 is 0. The fourth-order valence-corrected chi connectivity index (χ4v) is 1.79. The lowest BCUT2D eigenvalue weighted by Crippen LogP contribution is -2.36. The first-order valence-corrected chi connectivity index (χ1v) is 6.20. The summed E-state index contributed by atoms with van der Waals surface area (Å²) in [4.78, 5) is 18.1. The van der Waals surface area contributed by atoms with Gasteiger partial charge >= 0.3 is 0 Å². The van der Waals surface area contributed by atoms with Crippen molar-refractivity contribution in [3.8, 4) is 0 Å². The molecule has 1 heterocycles. The third kappa shape index (κ3) is 3.05. The SMILES string of the molecule is CCC(CC)N(C)C(=O)c1n[nH]c(C(C)C)n1. The number of rotatable bonds is 5. The first kappa shape index (κ1) is 13.7. The molecule has 0 saturated carbocycles. The number of amides is 1. The van der Waals surface area contributed by atoms with E-state index in [0.29, 0.717) is 0 Å². The van der Waals surface area contributed by atoms with Crippen LogP contribution in [0.2, 0.25) is 0 Å². The second-order valence-electron chi connectivity index (χ2n) is 4.59. The Morgan fingerprint density at radius 2 is 1.94 bits per heavy atom. The van der Waals surface area contributed by atoms with Crippen LogP contribution >= 0.6 is 0 Å². The highest BCUT2D eigenvalue weighted by Gasteiger charge is 2.22. The number of H-pyrrole nitrogens is 1. The Labute approximate surface area is 103 Å². The number of nitrogens with zero attached hydrogens (tertiary/aromatic N) is 3. The van der Waals surface area contributed by atoms with Crippen molar-refractivity contribution in [2.75, 3.05) is 7.05 Å². The first-order chi connectivity index (χ1) is 8.01. The van der Waals surface area contributed by atoms with Crippen LogP contribution in [0.15, 0.2) is 0 Å². The standard InChI is InChI=1S/C12H22N4O/c1-6-9(7-2)16(5)12(17)11-13-10(8(3)4)14-15-11/h8-9H,6-7H2,1-5H3,(H,13,14,15). The smallest absolute Gasteiger partial charge is 0.293 e. The summed E-state index contributed by atoms with van der Waals surface area (Å²) in [5, 5.41) is 6.79. The van der Waals surface area contributed by atoms with Gasteiger partial charge in [-0.05, 0) is 12.8 Å². The van der Waals surface area contributed by atoms with Crippen LogP contribution in [0.4, 0.5) is 0 Å². The van der Waals surface area contributed by atoms with Crippen molar-refractivity contribution in [1.82, 2.24) is 20.1 Å². The first-order valence-electron chi connectivity index (χ1n) is 6.20. The molecule has 5 heteroatoms. The van der Waals surface area contributed by atoms with E-state index in [1.165, 1.54) is 0 Å². The molecular formula is C12H22N4O. The maximum absolute atomic E-state index is 12.1. The molecule has 0 radical (unpaired) electrons. The van der Waals surface area contributed by atoms with E-state index in [-0.39, 0.29) is 23.7 Å². The molecule has 0 atom stereocenters. The molecule has 0 aliphatic rings. The number of aromatic nitrogens is 3. The topological polar surface area (TPSA) is 61.9 Å². The van der Waals surface area contributed by atoms with Gasteiger partial charge in [0, 0.05) is 19.0 Å². The highest BCUT2D eigenvalue weighted by Crippen LogP contribution is 2.12. The molecule has 0 aromatic carbocycles. The summed E-state index contributed by atoms with van der Waals surface area (Å²) in [6.07, 6.45) is 1.89. The summed E-state index contributed by atoms with van der Waals surface area (Å²) in [6.45, 7) is 8.18. The van der Waals surface area contributed by atoms with Crippen molar-refractivity contribution in [1.29, 1.82) is 0 Å². The van der Waals surface area contributed by atoms with Gasteiger partial charge in [0.1, 0.15) is 5.82 Å². The molecule has 1 aromatic heterocycles. The molecular weight excluding hydrogens is 216 g/mol. The van der Waals surface area contributed by atoms with Crippen molar-refractivity contribution in [3.05, 3.63) is 11.6 Å². The second-order valence-corrected chi connectivity index (χ2v) is 4.59. The van der Waals surface area contributed by atoms with Gasteiger partial charge in [0.25, 0.3) is 5.91 Å². The molecule has 0 bridgehead atoms. The highest BCUT2D eigenvalue weighted by atomic mass is 16.2. The predicted octanol–water partition coefficient (Wildman–Crippen LogP) is 2.19. The van der Waals surface area contributed by atoms with Crippen LogP contribution in [-0.4, -0.2) is 39.1 Å². The lowest BCUT2D eigenvalue weighted by Gasteiger charge is -2.24. The van der Waals surface area contributed by atoms with Gasteiger partial charge in [-0.1, -0.05) is 27.7 Å². The number of aromatic amines is 1. The highest BCUT2D eigenvalue weighted by molar-refractivity contribution is 5.90. The van der Waals surface area contributed by atoms with Gasteiger partial charge in [0.05, 0.1) is 0 Å². The van der Waals surface area contributed by atoms with Crippen LogP contribution in [0.3, 0.4) is 0 Å². The summed E-state index contributed by atoms with van der Waals surface area (Å²) in [7, 11) is 1.81. The van der Waals surface area contributed by atoms with E-state index in [0.717, 1.165) is 18.7 Å². The molecule has 1 amide bonds. The van der Waals surface area contributed by atoms with E-state index in [1.807, 2.05) is 20.9 Å². The van der Waals surface area contributed by atoms with E-state index in [1.54, 1.807) is 4.90 Å². The maximum atomic E-state index is 12.1. The monoisotopic (exact) mass is 238 g/mol. The van der Waals surface area contributed by atoms with E-state index < -0.39 is 0 Å². The molecule has 0 aliphatic carbocycles. The van der Waals surface area contributed by atoms with Crippen molar-refractivity contribution in [2.24, 2.45) is 0 Å². The molecule has 0 unspecified atom stereocenters. The Kier molecular flexibility index (Phi) is 4.66. The fourth-order valence-electron chi connectivity index (χ4n) is 1.79. The minimum Gasteiger partial charge on any atom is -0.336 e. The minimum atomic E-state index is -0.109. The van der Waals surface area contributed by atoms with Gasteiger partial charge in [0.15, 0.2) is 0 Å². The normalized spacial score (nSPS) is 11.2. The zero-order chi connectivity index (χ0) is 13.0. The zero-order valence-electron chi connectivity index (χ0n) is 11.3. The Bertz CT molecular complexity index is 368. The minimum absolute atomic E-state index is 0.109. The third-order valence-electron chi connectivity index (χ3n) is 3.05. The van der Waals surface area contributed by atoms with Crippen LogP contribution in [-0.2, 0) is 0 Å². The van der Waals surface area contributed by atoms with E-state index in [2.05, 4.69) is 29.0 Å². The van der Waals surface area contributed by atoms with Crippen LogP contribution < -0.4 is 0 Å². The fraction of sp³-hybridized carbons (Fsp3) is 0.750. The van der Waals surface area contributed by atoms with Crippen molar-refractivity contribution in [3.63, 3.8) is 0 Å².